The molecule has 1 N–H and O–H groups in total. The van der Waals surface area contributed by atoms with Crippen molar-refractivity contribution < 1.29 is 9.59 Å². The molecule has 2 heterocycles. The fraction of sp³-hybridized carbons (Fsp3) is 0.421. The molecule has 1 aromatic heterocycles. The van der Waals surface area contributed by atoms with Gasteiger partial charge in [-0.3, -0.25) is 9.69 Å². The minimum Gasteiger partial charge on any atom is -0.320 e. The molecule has 7 heteroatoms. The van der Waals surface area contributed by atoms with Gasteiger partial charge in [-0.15, -0.1) is 5.10 Å². The second-order valence-corrected chi connectivity index (χ2v) is 6.73. The van der Waals surface area contributed by atoms with Crippen LogP contribution < -0.4 is 5.32 Å². The SMILES string of the molecule is CC(=O)Nc1ccn(C(=O)N2CCN(Cc3cccc(C)c3C)CC2)n1. The molecule has 138 valence electrons. The third-order valence-corrected chi connectivity index (χ3v) is 4.84. The summed E-state index contributed by atoms with van der Waals surface area (Å²) in [7, 11) is 0. The van der Waals surface area contributed by atoms with Gasteiger partial charge in [0.15, 0.2) is 5.82 Å². The van der Waals surface area contributed by atoms with Crippen LogP contribution in [0.25, 0.3) is 0 Å². The van der Waals surface area contributed by atoms with Gasteiger partial charge in [-0.05, 0) is 30.5 Å². The van der Waals surface area contributed by atoms with Crippen LogP contribution in [0.4, 0.5) is 10.6 Å². The number of aryl methyl sites for hydroxylation is 1. The van der Waals surface area contributed by atoms with Crippen LogP contribution in [0.1, 0.15) is 23.6 Å². The van der Waals surface area contributed by atoms with Crippen LogP contribution in [-0.4, -0.2) is 57.7 Å². The van der Waals surface area contributed by atoms with Crippen LogP contribution in [-0.2, 0) is 11.3 Å². The summed E-state index contributed by atoms with van der Waals surface area (Å²) >= 11 is 0. The largest absolute Gasteiger partial charge is 0.344 e. The van der Waals surface area contributed by atoms with E-state index in [1.54, 1.807) is 17.2 Å². The molecule has 2 aromatic rings. The first-order valence-corrected chi connectivity index (χ1v) is 8.84. The lowest BCUT2D eigenvalue weighted by Crippen LogP contribution is -2.49. The van der Waals surface area contributed by atoms with Crippen molar-refractivity contribution in [3.63, 3.8) is 0 Å². The van der Waals surface area contributed by atoms with Gasteiger partial charge in [-0.2, -0.15) is 4.68 Å². The zero-order valence-electron chi connectivity index (χ0n) is 15.5. The molecule has 0 unspecified atom stereocenters. The fourth-order valence-corrected chi connectivity index (χ4v) is 3.14. The maximum absolute atomic E-state index is 12.6. The first-order valence-electron chi connectivity index (χ1n) is 8.84. The van der Waals surface area contributed by atoms with Crippen molar-refractivity contribution in [3.05, 3.63) is 47.2 Å². The molecule has 1 fully saturated rings. The van der Waals surface area contributed by atoms with Crippen molar-refractivity contribution in [1.82, 2.24) is 19.6 Å². The molecule has 26 heavy (non-hydrogen) atoms. The molecule has 3 rings (SSSR count). The normalized spacial score (nSPS) is 15.1. The first-order chi connectivity index (χ1) is 12.4. The van der Waals surface area contributed by atoms with E-state index in [9.17, 15) is 9.59 Å². The van der Waals surface area contributed by atoms with E-state index in [0.717, 1.165) is 19.6 Å². The van der Waals surface area contributed by atoms with E-state index in [4.69, 9.17) is 0 Å². The van der Waals surface area contributed by atoms with Gasteiger partial charge < -0.3 is 10.2 Å². The number of aromatic nitrogens is 2. The van der Waals surface area contributed by atoms with Gasteiger partial charge in [-0.1, -0.05) is 18.2 Å². The second kappa shape index (κ2) is 7.70. The second-order valence-electron chi connectivity index (χ2n) is 6.73. The standard InChI is InChI=1S/C19H25N5O2/c1-14-5-4-6-17(15(14)2)13-22-9-11-23(12-10-22)19(26)24-8-7-18(21-24)20-16(3)25/h4-8H,9-13H2,1-3H3,(H,20,21,25). The zero-order valence-corrected chi connectivity index (χ0v) is 15.5. The Balaban J connectivity index is 1.56. The molecule has 0 spiro atoms. The molecule has 1 saturated heterocycles. The van der Waals surface area contributed by atoms with Crippen LogP contribution in [0, 0.1) is 13.8 Å². The number of carbonyl (C=O) groups is 2. The van der Waals surface area contributed by atoms with Gasteiger partial charge in [0.2, 0.25) is 5.91 Å². The minimum atomic E-state index is -0.206. The van der Waals surface area contributed by atoms with E-state index in [1.807, 2.05) is 0 Å². The average molecular weight is 355 g/mol. The summed E-state index contributed by atoms with van der Waals surface area (Å²) in [6.07, 6.45) is 1.58. The Morgan fingerprint density at radius 2 is 1.85 bits per heavy atom. The molecular formula is C19H25N5O2. The smallest absolute Gasteiger partial charge is 0.320 e. The van der Waals surface area contributed by atoms with Crippen LogP contribution in [0.15, 0.2) is 30.5 Å². The Hall–Kier alpha value is -2.67. The number of nitrogens with zero attached hydrogens (tertiary/aromatic N) is 4. The number of carbonyl (C=O) groups excluding carboxylic acids is 2. The quantitative estimate of drug-likeness (QED) is 0.917. The van der Waals surface area contributed by atoms with Crippen LogP contribution in [0.2, 0.25) is 0 Å². The third kappa shape index (κ3) is 4.11. The van der Waals surface area contributed by atoms with Gasteiger partial charge in [0.05, 0.1) is 0 Å². The molecule has 2 amide bonds. The van der Waals surface area contributed by atoms with Crippen molar-refractivity contribution in [2.75, 3.05) is 31.5 Å². The van der Waals surface area contributed by atoms with E-state index >= 15 is 0 Å². The Kier molecular flexibility index (Phi) is 5.37. The molecule has 0 atom stereocenters. The highest BCUT2D eigenvalue weighted by molar-refractivity contribution is 5.87. The number of anilines is 1. The molecular weight excluding hydrogens is 330 g/mol. The van der Waals surface area contributed by atoms with Gasteiger partial charge in [0.25, 0.3) is 0 Å². The first kappa shape index (κ1) is 18.1. The highest BCUT2D eigenvalue weighted by Gasteiger charge is 2.23. The summed E-state index contributed by atoms with van der Waals surface area (Å²) < 4.78 is 1.28. The zero-order chi connectivity index (χ0) is 18.7. The van der Waals surface area contributed by atoms with E-state index in [2.05, 4.69) is 47.4 Å². The molecule has 1 aromatic carbocycles. The summed E-state index contributed by atoms with van der Waals surface area (Å²) in [4.78, 5) is 27.8. The molecule has 1 aliphatic heterocycles. The van der Waals surface area contributed by atoms with E-state index in [1.165, 1.54) is 28.3 Å². The molecule has 0 bridgehead atoms. The highest BCUT2D eigenvalue weighted by atomic mass is 16.2. The van der Waals surface area contributed by atoms with E-state index in [0.29, 0.717) is 18.9 Å². The monoisotopic (exact) mass is 355 g/mol. The lowest BCUT2D eigenvalue weighted by Gasteiger charge is -2.34. The Bertz CT molecular complexity index is 806. The number of rotatable bonds is 3. The number of benzene rings is 1. The summed E-state index contributed by atoms with van der Waals surface area (Å²) in [5, 5.41) is 6.69. The maximum atomic E-state index is 12.6. The fourth-order valence-electron chi connectivity index (χ4n) is 3.14. The molecule has 1 aliphatic rings. The third-order valence-electron chi connectivity index (χ3n) is 4.84. The van der Waals surface area contributed by atoms with Gasteiger partial charge >= 0.3 is 6.03 Å². The number of hydrogen-bond acceptors (Lipinski definition) is 4. The van der Waals surface area contributed by atoms with Gasteiger partial charge in [0.1, 0.15) is 0 Å². The highest BCUT2D eigenvalue weighted by Crippen LogP contribution is 2.16. The van der Waals surface area contributed by atoms with Crippen LogP contribution >= 0.6 is 0 Å². The minimum absolute atomic E-state index is 0.159. The van der Waals surface area contributed by atoms with Crippen molar-refractivity contribution in [1.29, 1.82) is 0 Å². The predicted molar refractivity (Wildman–Crippen MR) is 100 cm³/mol. The lowest BCUT2D eigenvalue weighted by atomic mass is 10.0. The number of hydrogen-bond donors (Lipinski definition) is 1. The topological polar surface area (TPSA) is 70.5 Å². The lowest BCUT2D eigenvalue weighted by molar-refractivity contribution is -0.114. The van der Waals surface area contributed by atoms with Crippen molar-refractivity contribution in [2.45, 2.75) is 27.3 Å². The van der Waals surface area contributed by atoms with Crippen LogP contribution in [0.5, 0.6) is 0 Å². The Morgan fingerprint density at radius 3 is 2.54 bits per heavy atom. The molecule has 0 aliphatic carbocycles. The summed E-state index contributed by atoms with van der Waals surface area (Å²) in [5.41, 5.74) is 4.00. The number of nitrogens with one attached hydrogen (secondary N) is 1. The summed E-state index contributed by atoms with van der Waals surface area (Å²) in [6.45, 7) is 9.61. The number of piperazine rings is 1. The molecule has 7 nitrogen and oxygen atoms in total. The van der Waals surface area contributed by atoms with E-state index in [-0.39, 0.29) is 11.9 Å². The maximum Gasteiger partial charge on any atom is 0.344 e. The van der Waals surface area contributed by atoms with Crippen molar-refractivity contribution >= 4 is 17.8 Å². The van der Waals surface area contributed by atoms with Crippen molar-refractivity contribution in [2.24, 2.45) is 0 Å². The molecule has 0 radical (unpaired) electrons. The predicted octanol–water partition coefficient (Wildman–Crippen LogP) is 2.24. The Morgan fingerprint density at radius 1 is 1.12 bits per heavy atom. The molecule has 0 saturated carbocycles. The summed E-state index contributed by atoms with van der Waals surface area (Å²) in [5.74, 6) is 0.183. The Labute approximate surface area is 153 Å². The van der Waals surface area contributed by atoms with Crippen molar-refractivity contribution in [3.8, 4) is 0 Å². The van der Waals surface area contributed by atoms with E-state index < -0.39 is 0 Å². The van der Waals surface area contributed by atoms with Crippen LogP contribution in [0.3, 0.4) is 0 Å². The van der Waals surface area contributed by atoms with Gasteiger partial charge in [-0.25, -0.2) is 4.79 Å². The number of amides is 2. The summed E-state index contributed by atoms with van der Waals surface area (Å²) in [6, 6.07) is 7.87. The van der Waals surface area contributed by atoms with Gasteiger partial charge in [0, 0.05) is 51.9 Å². The average Bonchev–Trinajstić information content (AvgIpc) is 3.07.